The van der Waals surface area contributed by atoms with Crippen molar-refractivity contribution in [2.45, 2.75) is 57.8 Å². The van der Waals surface area contributed by atoms with Crippen LogP contribution in [-0.2, 0) is 43.4 Å². The number of esters is 2. The van der Waals surface area contributed by atoms with Gasteiger partial charge in [-0.05, 0) is 48.2 Å². The monoisotopic (exact) mass is 684 g/mol. The maximum absolute atomic E-state index is 10.9. The van der Waals surface area contributed by atoms with Gasteiger partial charge in [0, 0.05) is 96.1 Å². The van der Waals surface area contributed by atoms with Crippen LogP contribution in [0.25, 0.3) is 0 Å². The van der Waals surface area contributed by atoms with Crippen molar-refractivity contribution in [3.63, 3.8) is 0 Å². The molecular weight excluding hydrogens is 628 g/mol. The molecule has 0 atom stereocenters. The lowest BCUT2D eigenvalue weighted by atomic mass is 9.78. The Bertz CT molecular complexity index is 1090. The van der Waals surface area contributed by atoms with Gasteiger partial charge in [0.05, 0.1) is 26.4 Å². The Kier molecular flexibility index (Phi) is 22.2. The predicted octanol–water partition coefficient (Wildman–Crippen LogP) is 6.64. The third-order valence-electron chi connectivity index (χ3n) is 7.40. The van der Waals surface area contributed by atoms with E-state index in [4.69, 9.17) is 37.9 Å². The lowest BCUT2D eigenvalue weighted by molar-refractivity contribution is -0.139. The molecule has 0 amide bonds. The summed E-state index contributed by atoms with van der Waals surface area (Å²) in [6, 6.07) is 16.6. The molecule has 10 nitrogen and oxygen atoms in total. The molecule has 0 aliphatic carbocycles. The van der Waals surface area contributed by atoms with E-state index in [0.29, 0.717) is 92.1 Å². The molecule has 0 heterocycles. The number of hydrogen-bond acceptors (Lipinski definition) is 10. The van der Waals surface area contributed by atoms with Gasteiger partial charge in [0.15, 0.2) is 0 Å². The van der Waals surface area contributed by atoms with Crippen LogP contribution in [-0.4, -0.2) is 91.2 Å². The fourth-order valence-electron chi connectivity index (χ4n) is 4.52. The van der Waals surface area contributed by atoms with Crippen LogP contribution >= 0.6 is 0 Å². The van der Waals surface area contributed by atoms with Crippen LogP contribution in [0.15, 0.2) is 73.8 Å². The Morgan fingerprint density at radius 3 is 1.08 bits per heavy atom. The quantitative estimate of drug-likeness (QED) is 0.0505. The normalized spacial score (nSPS) is 11.1. The summed E-state index contributed by atoms with van der Waals surface area (Å²) in [5.74, 6) is 0.866. The highest BCUT2D eigenvalue weighted by molar-refractivity contribution is 5.81. The van der Waals surface area contributed by atoms with Crippen molar-refractivity contribution in [1.82, 2.24) is 0 Å². The van der Waals surface area contributed by atoms with Gasteiger partial charge in [0.2, 0.25) is 0 Å². The minimum atomic E-state index is -0.408. The van der Waals surface area contributed by atoms with E-state index in [1.54, 1.807) is 0 Å². The van der Waals surface area contributed by atoms with Crippen LogP contribution in [0.5, 0.6) is 11.5 Å². The maximum Gasteiger partial charge on any atom is 0.330 e. The number of rotatable bonds is 30. The number of hydrogen-bond donors (Lipinski definition) is 0. The highest BCUT2D eigenvalue weighted by Crippen LogP contribution is 2.33. The summed E-state index contributed by atoms with van der Waals surface area (Å²) in [5.41, 5.74) is 2.23. The van der Waals surface area contributed by atoms with Crippen molar-refractivity contribution in [3.8, 4) is 11.5 Å². The topological polar surface area (TPSA) is 108 Å². The molecule has 0 spiro atoms. The van der Waals surface area contributed by atoms with E-state index in [2.05, 4.69) is 51.3 Å². The Morgan fingerprint density at radius 2 is 0.776 bits per heavy atom. The zero-order valence-corrected chi connectivity index (χ0v) is 29.5. The Labute approximate surface area is 292 Å². The Hall–Kier alpha value is -3.70. The van der Waals surface area contributed by atoms with Crippen LogP contribution in [0.2, 0.25) is 0 Å². The summed E-state index contributed by atoms with van der Waals surface area (Å²) < 4.78 is 44.0. The molecule has 2 aromatic rings. The molecule has 0 aliphatic heterocycles. The second-order valence-corrected chi connectivity index (χ2v) is 11.7. The average Bonchev–Trinajstić information content (AvgIpc) is 3.12. The van der Waals surface area contributed by atoms with E-state index in [0.717, 1.165) is 49.3 Å². The molecule has 0 N–H and O–H groups in total. The van der Waals surface area contributed by atoms with Crippen molar-refractivity contribution in [2.75, 3.05) is 79.3 Å². The highest BCUT2D eigenvalue weighted by atomic mass is 16.5. The smallest absolute Gasteiger partial charge is 0.330 e. The Morgan fingerprint density at radius 1 is 0.490 bits per heavy atom. The lowest BCUT2D eigenvalue weighted by Gasteiger charge is -2.26. The first-order valence-corrected chi connectivity index (χ1v) is 17.2. The SMILES string of the molecule is C=CC(=O)OCCCOCCCOCCCOc1ccc(C(C)(C)c2ccc(OCCCOCCCOCCCOC(=O)C=C)cc2)cc1. The molecule has 0 radical (unpaired) electrons. The van der Waals surface area contributed by atoms with Crippen molar-refractivity contribution < 1.29 is 47.5 Å². The van der Waals surface area contributed by atoms with E-state index in [1.807, 2.05) is 24.3 Å². The summed E-state index contributed by atoms with van der Waals surface area (Å²) in [6.45, 7) is 17.9. The average molecular weight is 685 g/mol. The second-order valence-electron chi connectivity index (χ2n) is 11.7. The van der Waals surface area contributed by atoms with Crippen LogP contribution in [0.3, 0.4) is 0 Å². The molecule has 272 valence electrons. The molecular formula is C39H56O10. The molecule has 2 aromatic carbocycles. The van der Waals surface area contributed by atoms with Gasteiger partial charge in [-0.25, -0.2) is 9.59 Å². The van der Waals surface area contributed by atoms with Crippen LogP contribution in [0.4, 0.5) is 0 Å². The van der Waals surface area contributed by atoms with Crippen molar-refractivity contribution in [2.24, 2.45) is 0 Å². The van der Waals surface area contributed by atoms with E-state index in [-0.39, 0.29) is 5.41 Å². The van der Waals surface area contributed by atoms with Gasteiger partial charge in [-0.2, -0.15) is 0 Å². The summed E-state index contributed by atoms with van der Waals surface area (Å²) >= 11 is 0. The summed E-state index contributed by atoms with van der Waals surface area (Å²) in [4.78, 5) is 21.9. The summed E-state index contributed by atoms with van der Waals surface area (Å²) in [7, 11) is 0. The molecule has 0 aliphatic rings. The van der Waals surface area contributed by atoms with Crippen molar-refractivity contribution in [3.05, 3.63) is 85.0 Å². The van der Waals surface area contributed by atoms with E-state index in [1.165, 1.54) is 11.1 Å². The third-order valence-corrected chi connectivity index (χ3v) is 7.40. The predicted molar refractivity (Wildman–Crippen MR) is 189 cm³/mol. The summed E-state index contributed by atoms with van der Waals surface area (Å²) in [6.07, 6.45) is 6.88. The number of carbonyl (C=O) groups is 2. The molecule has 10 heteroatoms. The number of ether oxygens (including phenoxy) is 8. The van der Waals surface area contributed by atoms with Gasteiger partial charge in [-0.1, -0.05) is 51.3 Å². The van der Waals surface area contributed by atoms with Gasteiger partial charge in [-0.15, -0.1) is 0 Å². The molecule has 0 saturated heterocycles. The number of benzene rings is 2. The minimum Gasteiger partial charge on any atom is -0.494 e. The van der Waals surface area contributed by atoms with Gasteiger partial charge in [-0.3, -0.25) is 0 Å². The standard InChI is InChI=1S/C39H56O10/c1-5-37(40)48-31-11-27-44-23-7-21-42-25-9-29-46-35-17-13-33(14-18-35)39(3,4)34-15-19-36(20-16-34)47-30-10-26-43-22-8-24-45-28-12-32-49-38(41)6-2/h5-6,13-20H,1-2,7-12,21-32H2,3-4H3. The molecule has 0 fully saturated rings. The molecule has 0 bridgehead atoms. The van der Waals surface area contributed by atoms with Gasteiger partial charge in [0.1, 0.15) is 11.5 Å². The minimum absolute atomic E-state index is 0.178. The van der Waals surface area contributed by atoms with Gasteiger partial charge < -0.3 is 37.9 Å². The number of carbonyl (C=O) groups excluding carboxylic acids is 2. The first kappa shape index (κ1) is 41.5. The molecule has 49 heavy (non-hydrogen) atoms. The van der Waals surface area contributed by atoms with Crippen molar-refractivity contribution >= 4 is 11.9 Å². The fourth-order valence-corrected chi connectivity index (χ4v) is 4.52. The maximum atomic E-state index is 10.9. The Balaban J connectivity index is 1.51. The molecule has 0 unspecified atom stereocenters. The van der Waals surface area contributed by atoms with E-state index >= 15 is 0 Å². The molecule has 0 saturated carbocycles. The lowest BCUT2D eigenvalue weighted by Crippen LogP contribution is -2.18. The highest BCUT2D eigenvalue weighted by Gasteiger charge is 2.23. The van der Waals surface area contributed by atoms with Crippen molar-refractivity contribution in [1.29, 1.82) is 0 Å². The van der Waals surface area contributed by atoms with Gasteiger partial charge in [0.25, 0.3) is 0 Å². The first-order valence-electron chi connectivity index (χ1n) is 17.2. The molecule has 2 rings (SSSR count). The third kappa shape index (κ3) is 19.2. The van der Waals surface area contributed by atoms with Crippen LogP contribution in [0, 0.1) is 0 Å². The van der Waals surface area contributed by atoms with E-state index < -0.39 is 11.9 Å². The van der Waals surface area contributed by atoms with Crippen LogP contribution < -0.4 is 9.47 Å². The second kappa shape index (κ2) is 26.2. The fraction of sp³-hybridized carbons (Fsp3) is 0.538. The van der Waals surface area contributed by atoms with E-state index in [9.17, 15) is 9.59 Å². The zero-order chi connectivity index (χ0) is 35.4. The largest absolute Gasteiger partial charge is 0.494 e. The first-order chi connectivity index (χ1) is 23.9. The zero-order valence-electron chi connectivity index (χ0n) is 29.5. The van der Waals surface area contributed by atoms with Crippen LogP contribution in [0.1, 0.15) is 63.5 Å². The van der Waals surface area contributed by atoms with Gasteiger partial charge >= 0.3 is 11.9 Å². The summed E-state index contributed by atoms with van der Waals surface area (Å²) in [5, 5.41) is 0. The molecule has 0 aromatic heterocycles.